The molecular weight excluding hydrogens is 234 g/mol. The van der Waals surface area contributed by atoms with Gasteiger partial charge in [-0.3, -0.25) is 9.59 Å². The Morgan fingerprint density at radius 2 is 1.28 bits per heavy atom. The molecule has 0 saturated carbocycles. The first-order valence-electron chi connectivity index (χ1n) is 6.68. The number of hydrogen-bond acceptors (Lipinski definition) is 3. The fraction of sp³-hybridized carbons (Fsp3) is 0.846. The number of carboxylic acids is 2. The molecule has 5 heteroatoms. The van der Waals surface area contributed by atoms with Gasteiger partial charge >= 0.3 is 11.9 Å². The lowest BCUT2D eigenvalue weighted by atomic mass is 10.1. The summed E-state index contributed by atoms with van der Waals surface area (Å²) in [4.78, 5) is 20.1. The van der Waals surface area contributed by atoms with Gasteiger partial charge in [0, 0.05) is 12.8 Å². The van der Waals surface area contributed by atoms with Gasteiger partial charge in [-0.1, -0.05) is 32.6 Å². The summed E-state index contributed by atoms with van der Waals surface area (Å²) in [6.45, 7) is 3.03. The fourth-order valence-electron chi connectivity index (χ4n) is 1.30. The number of nitrogens with two attached hydrogens (primary N) is 1. The van der Waals surface area contributed by atoms with Crippen molar-refractivity contribution in [2.75, 3.05) is 6.54 Å². The van der Waals surface area contributed by atoms with Crippen molar-refractivity contribution in [3.63, 3.8) is 0 Å². The Balaban J connectivity index is 0. The van der Waals surface area contributed by atoms with E-state index in [2.05, 4.69) is 6.92 Å². The normalized spacial score (nSPS) is 9.44. The second-order valence-corrected chi connectivity index (χ2v) is 4.20. The smallest absolute Gasteiger partial charge is 0.303 e. The first-order valence-corrected chi connectivity index (χ1v) is 6.68. The third-order valence-corrected chi connectivity index (χ3v) is 2.34. The molecule has 0 rings (SSSR count). The molecule has 0 aliphatic heterocycles. The average Bonchev–Trinajstić information content (AvgIpc) is 2.31. The minimum Gasteiger partial charge on any atom is -0.481 e. The van der Waals surface area contributed by atoms with Gasteiger partial charge in [0.2, 0.25) is 0 Å². The zero-order valence-corrected chi connectivity index (χ0v) is 11.4. The van der Waals surface area contributed by atoms with Crippen LogP contribution in [0.15, 0.2) is 0 Å². The maximum Gasteiger partial charge on any atom is 0.303 e. The van der Waals surface area contributed by atoms with E-state index in [0.29, 0.717) is 12.8 Å². The number of unbranched alkanes of at least 4 members (excludes halogenated alkanes) is 5. The predicted octanol–water partition coefficient (Wildman–Crippen LogP) is 2.63. The maximum absolute atomic E-state index is 10.0. The molecule has 0 spiro atoms. The molecule has 0 amide bonds. The molecule has 0 unspecified atom stereocenters. The van der Waals surface area contributed by atoms with E-state index in [4.69, 9.17) is 15.9 Å². The fourth-order valence-corrected chi connectivity index (χ4v) is 1.30. The topological polar surface area (TPSA) is 101 Å². The highest BCUT2D eigenvalue weighted by atomic mass is 16.4. The summed E-state index contributed by atoms with van der Waals surface area (Å²) in [7, 11) is 0. The number of carbonyl (C=O) groups is 2. The monoisotopic (exact) mass is 261 g/mol. The molecule has 0 aliphatic carbocycles. The van der Waals surface area contributed by atoms with Crippen molar-refractivity contribution in [1.29, 1.82) is 0 Å². The van der Waals surface area contributed by atoms with Crippen LogP contribution < -0.4 is 5.73 Å². The van der Waals surface area contributed by atoms with E-state index in [1.807, 2.05) is 0 Å². The molecular formula is C13H27NO4. The molecule has 108 valence electrons. The van der Waals surface area contributed by atoms with Gasteiger partial charge in [-0.15, -0.1) is 0 Å². The van der Waals surface area contributed by atoms with Gasteiger partial charge in [0.1, 0.15) is 0 Å². The second-order valence-electron chi connectivity index (χ2n) is 4.20. The van der Waals surface area contributed by atoms with Crippen molar-refractivity contribution in [2.45, 2.75) is 64.7 Å². The highest BCUT2D eigenvalue weighted by Gasteiger charge is 1.98. The van der Waals surface area contributed by atoms with Crippen LogP contribution in [0.25, 0.3) is 0 Å². The van der Waals surface area contributed by atoms with Crippen molar-refractivity contribution in [3.05, 3.63) is 0 Å². The molecule has 0 saturated heterocycles. The lowest BCUT2D eigenvalue weighted by molar-refractivity contribution is -0.138. The van der Waals surface area contributed by atoms with E-state index in [0.717, 1.165) is 19.4 Å². The number of hydrogen-bond donors (Lipinski definition) is 3. The maximum atomic E-state index is 10.0. The molecule has 0 aliphatic rings. The molecule has 0 atom stereocenters. The van der Waals surface area contributed by atoms with E-state index in [-0.39, 0.29) is 12.8 Å². The summed E-state index contributed by atoms with van der Waals surface area (Å²) in [5, 5.41) is 16.5. The Labute approximate surface area is 109 Å². The highest BCUT2D eigenvalue weighted by molar-refractivity contribution is 5.66. The van der Waals surface area contributed by atoms with Crippen molar-refractivity contribution in [3.8, 4) is 0 Å². The van der Waals surface area contributed by atoms with Crippen molar-refractivity contribution >= 4 is 11.9 Å². The lowest BCUT2D eigenvalue weighted by Gasteiger charge is -1.96. The molecule has 0 radical (unpaired) electrons. The van der Waals surface area contributed by atoms with Crippen LogP contribution in [0.2, 0.25) is 0 Å². The van der Waals surface area contributed by atoms with Crippen LogP contribution in [0.1, 0.15) is 64.7 Å². The van der Waals surface area contributed by atoms with Gasteiger partial charge in [0.05, 0.1) is 0 Å². The van der Waals surface area contributed by atoms with E-state index in [1.165, 1.54) is 19.3 Å². The standard InChI is InChI=1S/C8H14O4.C5H13N/c9-7(10)5-3-1-2-4-6-8(11)12;1-2-3-4-5-6/h1-6H2,(H,9,10)(H,11,12);2-6H2,1H3. The van der Waals surface area contributed by atoms with E-state index >= 15 is 0 Å². The molecule has 0 heterocycles. The Kier molecular flexibility index (Phi) is 17.0. The molecule has 4 N–H and O–H groups in total. The van der Waals surface area contributed by atoms with Crippen LogP contribution in [-0.4, -0.2) is 28.7 Å². The zero-order chi connectivity index (χ0) is 14.2. The third-order valence-electron chi connectivity index (χ3n) is 2.34. The molecule has 0 aromatic rings. The van der Waals surface area contributed by atoms with Crippen LogP contribution in [0.3, 0.4) is 0 Å². The summed E-state index contributed by atoms with van der Waals surface area (Å²) >= 11 is 0. The van der Waals surface area contributed by atoms with Crippen LogP contribution in [-0.2, 0) is 9.59 Å². The average molecular weight is 261 g/mol. The molecule has 0 aromatic heterocycles. The number of aliphatic carboxylic acids is 2. The van der Waals surface area contributed by atoms with E-state index < -0.39 is 11.9 Å². The highest BCUT2D eigenvalue weighted by Crippen LogP contribution is 2.04. The Morgan fingerprint density at radius 3 is 1.50 bits per heavy atom. The van der Waals surface area contributed by atoms with Crippen molar-refractivity contribution in [1.82, 2.24) is 0 Å². The van der Waals surface area contributed by atoms with Crippen molar-refractivity contribution < 1.29 is 19.8 Å². The summed E-state index contributed by atoms with van der Waals surface area (Å²) in [6.07, 6.45) is 7.04. The second kappa shape index (κ2) is 15.9. The van der Waals surface area contributed by atoms with Crippen LogP contribution >= 0.6 is 0 Å². The molecule has 0 fully saturated rings. The van der Waals surface area contributed by atoms with Gasteiger partial charge in [0.15, 0.2) is 0 Å². The minimum absolute atomic E-state index is 0.188. The summed E-state index contributed by atoms with van der Waals surface area (Å²) in [5.74, 6) is -1.57. The first kappa shape index (κ1) is 19.2. The molecule has 0 aromatic carbocycles. The first-order chi connectivity index (χ1) is 8.54. The largest absolute Gasteiger partial charge is 0.481 e. The van der Waals surface area contributed by atoms with Gasteiger partial charge < -0.3 is 15.9 Å². The van der Waals surface area contributed by atoms with Crippen molar-refractivity contribution in [2.24, 2.45) is 5.73 Å². The number of carboxylic acid groups (broad SMARTS) is 2. The Morgan fingerprint density at radius 1 is 0.833 bits per heavy atom. The minimum atomic E-state index is -0.784. The van der Waals surface area contributed by atoms with Gasteiger partial charge in [-0.25, -0.2) is 0 Å². The van der Waals surface area contributed by atoms with E-state index in [9.17, 15) is 9.59 Å². The quantitative estimate of drug-likeness (QED) is 0.525. The van der Waals surface area contributed by atoms with Gasteiger partial charge in [-0.05, 0) is 25.8 Å². The SMILES string of the molecule is CCCCCN.O=C(O)CCCCCCC(=O)O. The molecule has 18 heavy (non-hydrogen) atoms. The summed E-state index contributed by atoms with van der Waals surface area (Å²) in [5.41, 5.74) is 5.21. The third kappa shape index (κ3) is 24.2. The van der Waals surface area contributed by atoms with E-state index in [1.54, 1.807) is 0 Å². The zero-order valence-electron chi connectivity index (χ0n) is 11.4. The van der Waals surface area contributed by atoms with Crippen LogP contribution in [0.5, 0.6) is 0 Å². The predicted molar refractivity (Wildman–Crippen MR) is 71.6 cm³/mol. The van der Waals surface area contributed by atoms with Gasteiger partial charge in [-0.2, -0.15) is 0 Å². The Bertz CT molecular complexity index is 185. The van der Waals surface area contributed by atoms with Crippen LogP contribution in [0, 0.1) is 0 Å². The lowest BCUT2D eigenvalue weighted by Crippen LogP contribution is -1.96. The summed E-state index contributed by atoms with van der Waals surface area (Å²) in [6, 6.07) is 0. The van der Waals surface area contributed by atoms with Gasteiger partial charge in [0.25, 0.3) is 0 Å². The summed E-state index contributed by atoms with van der Waals surface area (Å²) < 4.78 is 0. The molecule has 0 bridgehead atoms. The van der Waals surface area contributed by atoms with Crippen LogP contribution in [0.4, 0.5) is 0 Å². The Hall–Kier alpha value is -1.10. The number of rotatable bonds is 10. The molecule has 5 nitrogen and oxygen atoms in total.